The van der Waals surface area contributed by atoms with Gasteiger partial charge in [0.2, 0.25) is 22.2 Å². The molecule has 0 unspecified atom stereocenters. The van der Waals surface area contributed by atoms with Gasteiger partial charge in [-0.05, 0) is 28.1 Å². The van der Waals surface area contributed by atoms with E-state index >= 15 is 0 Å². The SMILES string of the molecule is Cn1cnc([N+](=O)[O-])c1N1CCN(S(=O)(=O)c2ccc(Cl)c(Cl)c2)CC1. The molecule has 2 heterocycles. The standard InChI is InChI=1S/C14H15Cl2N5O4S/c1-18-9-17-13(21(22)23)14(18)19-4-6-20(7-5-19)26(24,25)10-2-3-11(15)12(16)8-10/h2-3,8-9H,4-7H2,1H3. The smallest absolute Gasteiger partial charge is 0.358 e. The van der Waals surface area contributed by atoms with Gasteiger partial charge in [-0.2, -0.15) is 4.31 Å². The molecule has 0 atom stereocenters. The van der Waals surface area contributed by atoms with E-state index in [0.717, 1.165) is 0 Å². The summed E-state index contributed by atoms with van der Waals surface area (Å²) in [5.41, 5.74) is 0. The van der Waals surface area contributed by atoms with E-state index in [0.29, 0.717) is 18.9 Å². The number of imidazole rings is 1. The number of halogens is 2. The molecule has 1 aromatic heterocycles. The summed E-state index contributed by atoms with van der Waals surface area (Å²) in [6.07, 6.45) is 1.37. The monoisotopic (exact) mass is 419 g/mol. The van der Waals surface area contributed by atoms with Crippen molar-refractivity contribution in [3.05, 3.63) is 44.7 Å². The van der Waals surface area contributed by atoms with Gasteiger partial charge < -0.3 is 15.0 Å². The van der Waals surface area contributed by atoms with Gasteiger partial charge in [0.15, 0.2) is 0 Å². The predicted molar refractivity (Wildman–Crippen MR) is 97.3 cm³/mol. The Kier molecular flexibility index (Phi) is 5.11. The molecule has 0 amide bonds. The lowest BCUT2D eigenvalue weighted by atomic mass is 10.3. The average Bonchev–Trinajstić information content (AvgIpc) is 2.99. The normalized spacial score (nSPS) is 16.0. The van der Waals surface area contributed by atoms with Gasteiger partial charge in [0.05, 0.1) is 14.9 Å². The van der Waals surface area contributed by atoms with Crippen molar-refractivity contribution in [2.75, 3.05) is 31.1 Å². The number of aromatic nitrogens is 2. The lowest BCUT2D eigenvalue weighted by Crippen LogP contribution is -2.49. The number of sulfonamides is 1. The summed E-state index contributed by atoms with van der Waals surface area (Å²) in [6, 6.07) is 4.16. The first kappa shape index (κ1) is 18.9. The topological polar surface area (TPSA) is 102 Å². The zero-order valence-electron chi connectivity index (χ0n) is 13.7. The molecular formula is C14H15Cl2N5O4S. The zero-order chi connectivity index (χ0) is 19.1. The quantitative estimate of drug-likeness (QED) is 0.555. The van der Waals surface area contributed by atoms with E-state index in [-0.39, 0.29) is 33.8 Å². The van der Waals surface area contributed by atoms with Crippen molar-refractivity contribution < 1.29 is 13.3 Å². The maximum absolute atomic E-state index is 12.8. The molecule has 0 bridgehead atoms. The van der Waals surface area contributed by atoms with Crippen LogP contribution < -0.4 is 4.90 Å². The third-order valence-electron chi connectivity index (χ3n) is 4.13. The molecule has 0 aliphatic carbocycles. The van der Waals surface area contributed by atoms with Gasteiger partial charge in [0.1, 0.15) is 0 Å². The molecule has 1 aliphatic heterocycles. The minimum atomic E-state index is -3.72. The van der Waals surface area contributed by atoms with Crippen molar-refractivity contribution in [2.24, 2.45) is 7.05 Å². The van der Waals surface area contributed by atoms with Crippen molar-refractivity contribution in [3.63, 3.8) is 0 Å². The summed E-state index contributed by atoms with van der Waals surface area (Å²) in [6.45, 7) is 0.984. The predicted octanol–water partition coefficient (Wildman–Crippen LogP) is 2.15. The number of nitrogens with zero attached hydrogens (tertiary/aromatic N) is 5. The second-order valence-corrected chi connectivity index (χ2v) is 8.48. The number of hydrogen-bond acceptors (Lipinski definition) is 6. The first-order valence-corrected chi connectivity index (χ1v) is 9.77. The van der Waals surface area contributed by atoms with Gasteiger partial charge in [0, 0.05) is 33.2 Å². The Morgan fingerprint density at radius 3 is 2.38 bits per heavy atom. The highest BCUT2D eigenvalue weighted by Gasteiger charge is 2.33. The first-order chi connectivity index (χ1) is 12.2. The van der Waals surface area contributed by atoms with Crippen molar-refractivity contribution in [1.82, 2.24) is 13.9 Å². The van der Waals surface area contributed by atoms with Crippen LogP contribution in [0, 0.1) is 10.1 Å². The van der Waals surface area contributed by atoms with E-state index in [9.17, 15) is 18.5 Å². The number of nitro groups is 1. The third-order valence-corrected chi connectivity index (χ3v) is 6.76. The number of anilines is 1. The Bertz CT molecular complexity index is 954. The minimum Gasteiger partial charge on any atom is -0.358 e. The largest absolute Gasteiger partial charge is 0.406 e. The molecule has 140 valence electrons. The molecule has 0 spiro atoms. The Labute approximate surface area is 159 Å². The highest BCUT2D eigenvalue weighted by molar-refractivity contribution is 7.89. The Morgan fingerprint density at radius 2 is 1.81 bits per heavy atom. The van der Waals surface area contributed by atoms with Crippen molar-refractivity contribution >= 4 is 44.9 Å². The summed E-state index contributed by atoms with van der Waals surface area (Å²) >= 11 is 11.8. The van der Waals surface area contributed by atoms with Crippen LogP contribution in [0.5, 0.6) is 0 Å². The Hall–Kier alpha value is -1.88. The van der Waals surface area contributed by atoms with E-state index in [1.165, 1.54) is 28.8 Å². The maximum atomic E-state index is 12.8. The Morgan fingerprint density at radius 1 is 1.15 bits per heavy atom. The van der Waals surface area contributed by atoms with Crippen LogP contribution in [0.25, 0.3) is 0 Å². The molecule has 0 saturated carbocycles. The van der Waals surface area contributed by atoms with Crippen LogP contribution in [0.1, 0.15) is 0 Å². The number of piperazine rings is 1. The van der Waals surface area contributed by atoms with Crippen molar-refractivity contribution in [3.8, 4) is 0 Å². The average molecular weight is 420 g/mol. The molecule has 1 aromatic carbocycles. The minimum absolute atomic E-state index is 0.0619. The third kappa shape index (κ3) is 3.37. The molecule has 9 nitrogen and oxygen atoms in total. The van der Waals surface area contributed by atoms with Gasteiger partial charge in [-0.15, -0.1) is 0 Å². The summed E-state index contributed by atoms with van der Waals surface area (Å²) in [5, 5.41) is 11.6. The van der Waals surface area contributed by atoms with E-state index in [2.05, 4.69) is 4.98 Å². The molecule has 2 aromatic rings. The first-order valence-electron chi connectivity index (χ1n) is 7.57. The summed E-state index contributed by atoms with van der Waals surface area (Å²) in [7, 11) is -2.06. The van der Waals surface area contributed by atoms with Crippen LogP contribution in [-0.4, -0.2) is 53.4 Å². The summed E-state index contributed by atoms with van der Waals surface area (Å²) in [4.78, 5) is 16.2. The highest BCUT2D eigenvalue weighted by Crippen LogP contribution is 2.29. The van der Waals surface area contributed by atoms with E-state index < -0.39 is 14.9 Å². The van der Waals surface area contributed by atoms with Crippen LogP contribution in [0.15, 0.2) is 29.4 Å². The number of hydrogen-bond donors (Lipinski definition) is 0. The van der Waals surface area contributed by atoms with Crippen molar-refractivity contribution in [1.29, 1.82) is 0 Å². The molecular weight excluding hydrogens is 405 g/mol. The van der Waals surface area contributed by atoms with E-state index in [1.54, 1.807) is 16.5 Å². The number of aryl methyl sites for hydroxylation is 1. The highest BCUT2D eigenvalue weighted by atomic mass is 35.5. The number of rotatable bonds is 4. The van der Waals surface area contributed by atoms with Gasteiger partial charge in [0.25, 0.3) is 0 Å². The maximum Gasteiger partial charge on any atom is 0.406 e. The summed E-state index contributed by atoms with van der Waals surface area (Å²) < 4.78 is 28.4. The zero-order valence-corrected chi connectivity index (χ0v) is 16.0. The van der Waals surface area contributed by atoms with Gasteiger partial charge >= 0.3 is 5.82 Å². The second kappa shape index (κ2) is 7.03. The lowest BCUT2D eigenvalue weighted by Gasteiger charge is -2.34. The fourth-order valence-corrected chi connectivity index (χ4v) is 4.64. The molecule has 3 rings (SSSR count). The van der Waals surface area contributed by atoms with E-state index in [4.69, 9.17) is 23.2 Å². The van der Waals surface area contributed by atoms with Gasteiger partial charge in [-0.25, -0.2) is 8.42 Å². The Balaban J connectivity index is 1.79. The second-order valence-electron chi connectivity index (χ2n) is 5.73. The van der Waals surface area contributed by atoms with Crippen LogP contribution in [-0.2, 0) is 17.1 Å². The molecule has 0 N–H and O–H groups in total. The molecule has 1 saturated heterocycles. The fourth-order valence-electron chi connectivity index (χ4n) is 2.83. The van der Waals surface area contributed by atoms with Crippen LogP contribution in [0.2, 0.25) is 10.0 Å². The van der Waals surface area contributed by atoms with Crippen LogP contribution in [0.4, 0.5) is 11.6 Å². The van der Waals surface area contributed by atoms with Crippen LogP contribution >= 0.6 is 23.2 Å². The van der Waals surface area contributed by atoms with Crippen molar-refractivity contribution in [2.45, 2.75) is 4.90 Å². The number of benzene rings is 1. The molecule has 12 heteroatoms. The fraction of sp³-hybridized carbons (Fsp3) is 0.357. The van der Waals surface area contributed by atoms with Crippen LogP contribution in [0.3, 0.4) is 0 Å². The summed E-state index contributed by atoms with van der Waals surface area (Å²) in [5.74, 6) is 0.120. The lowest BCUT2D eigenvalue weighted by molar-refractivity contribution is -0.388. The molecule has 0 radical (unpaired) electrons. The van der Waals surface area contributed by atoms with E-state index in [1.807, 2.05) is 0 Å². The molecule has 1 fully saturated rings. The molecule has 1 aliphatic rings. The molecule has 26 heavy (non-hydrogen) atoms. The van der Waals surface area contributed by atoms with Gasteiger partial charge in [-0.1, -0.05) is 23.2 Å². The van der Waals surface area contributed by atoms with Gasteiger partial charge in [-0.3, -0.25) is 4.57 Å².